The van der Waals surface area contributed by atoms with E-state index in [1.165, 1.54) is 11.1 Å². The zero-order valence-electron chi connectivity index (χ0n) is 11.7. The number of carboxylic acids is 2. The summed E-state index contributed by atoms with van der Waals surface area (Å²) in [6, 6.07) is 1.80. The van der Waals surface area contributed by atoms with E-state index in [1.54, 1.807) is 16.8 Å². The van der Waals surface area contributed by atoms with Crippen LogP contribution >= 0.6 is 0 Å². The first kappa shape index (κ1) is 14.8. The van der Waals surface area contributed by atoms with Crippen molar-refractivity contribution >= 4 is 23.3 Å². The molecule has 0 fully saturated rings. The van der Waals surface area contributed by atoms with E-state index in [1.807, 2.05) is 13.8 Å². The highest BCUT2D eigenvalue weighted by molar-refractivity contribution is 5.82. The summed E-state index contributed by atoms with van der Waals surface area (Å²) in [7, 11) is 0. The molecule has 0 radical (unpaired) electrons. The molecule has 0 spiro atoms. The van der Waals surface area contributed by atoms with Crippen LogP contribution in [0.3, 0.4) is 0 Å². The van der Waals surface area contributed by atoms with Gasteiger partial charge in [0.2, 0.25) is 0 Å². The van der Waals surface area contributed by atoms with Gasteiger partial charge >= 0.3 is 11.9 Å². The number of hydrogen-bond acceptors (Lipinski definition) is 5. The summed E-state index contributed by atoms with van der Waals surface area (Å²) in [5, 5.41) is 22.2. The van der Waals surface area contributed by atoms with Gasteiger partial charge in [-0.1, -0.05) is 13.8 Å². The first-order chi connectivity index (χ1) is 9.88. The van der Waals surface area contributed by atoms with Gasteiger partial charge in [0.25, 0.3) is 0 Å². The van der Waals surface area contributed by atoms with Crippen LogP contribution in [-0.4, -0.2) is 49.8 Å². The lowest BCUT2D eigenvalue weighted by molar-refractivity contribution is -0.136. The fraction of sp³-hybridized carbons (Fsp3) is 0.385. The molecule has 0 aromatic carbocycles. The minimum Gasteiger partial charge on any atom is -0.480 e. The van der Waals surface area contributed by atoms with Crippen LogP contribution in [0.25, 0.3) is 5.52 Å². The Labute approximate surface area is 120 Å². The van der Waals surface area contributed by atoms with E-state index in [0.717, 1.165) is 5.69 Å². The Balaban J connectivity index is 2.50. The standard InChI is InChI=1S/C13H16N4O4/c1-8(2)9-5-10-13(14-3-4-17(10)15-9)16(6-11(18)19)7-12(20)21/h3-5,8H,6-7H2,1-2H3,(H,18,19)(H,20,21). The number of anilines is 1. The van der Waals surface area contributed by atoms with Crippen LogP contribution in [-0.2, 0) is 9.59 Å². The van der Waals surface area contributed by atoms with Crippen molar-refractivity contribution in [2.45, 2.75) is 19.8 Å². The molecule has 0 atom stereocenters. The number of nitrogens with zero attached hydrogens (tertiary/aromatic N) is 4. The highest BCUT2D eigenvalue weighted by Crippen LogP contribution is 2.22. The van der Waals surface area contributed by atoms with E-state index in [2.05, 4.69) is 10.1 Å². The first-order valence-corrected chi connectivity index (χ1v) is 6.41. The molecule has 8 nitrogen and oxygen atoms in total. The fourth-order valence-electron chi connectivity index (χ4n) is 1.99. The summed E-state index contributed by atoms with van der Waals surface area (Å²) in [5.74, 6) is -1.75. The molecule has 2 N–H and O–H groups in total. The van der Waals surface area contributed by atoms with Crippen LogP contribution in [0.5, 0.6) is 0 Å². The van der Waals surface area contributed by atoms with Crippen LogP contribution in [0.1, 0.15) is 25.5 Å². The Bertz CT molecular complexity index is 664. The first-order valence-electron chi connectivity index (χ1n) is 6.41. The number of aliphatic carboxylic acids is 2. The number of carbonyl (C=O) groups is 2. The van der Waals surface area contributed by atoms with Crippen molar-refractivity contribution in [2.24, 2.45) is 0 Å². The molecule has 0 aliphatic heterocycles. The molecule has 8 heteroatoms. The van der Waals surface area contributed by atoms with Crippen LogP contribution in [0.4, 0.5) is 5.82 Å². The largest absolute Gasteiger partial charge is 0.480 e. The van der Waals surface area contributed by atoms with E-state index >= 15 is 0 Å². The van der Waals surface area contributed by atoms with Gasteiger partial charge < -0.3 is 15.1 Å². The highest BCUT2D eigenvalue weighted by atomic mass is 16.4. The topological polar surface area (TPSA) is 108 Å². The molecular weight excluding hydrogens is 276 g/mol. The van der Waals surface area contributed by atoms with Gasteiger partial charge in [-0.15, -0.1) is 0 Å². The van der Waals surface area contributed by atoms with E-state index in [0.29, 0.717) is 11.3 Å². The monoisotopic (exact) mass is 292 g/mol. The van der Waals surface area contributed by atoms with Crippen molar-refractivity contribution in [3.63, 3.8) is 0 Å². The predicted molar refractivity (Wildman–Crippen MR) is 74.6 cm³/mol. The van der Waals surface area contributed by atoms with Crippen LogP contribution in [0.2, 0.25) is 0 Å². The SMILES string of the molecule is CC(C)c1cc2c(N(CC(=O)O)CC(=O)O)nccn2n1. The number of aromatic nitrogens is 3. The summed E-state index contributed by atoms with van der Waals surface area (Å²) in [6.07, 6.45) is 3.11. The maximum Gasteiger partial charge on any atom is 0.323 e. The zero-order valence-corrected chi connectivity index (χ0v) is 11.7. The number of fused-ring (bicyclic) bond motifs is 1. The average Bonchev–Trinajstić information content (AvgIpc) is 2.80. The van der Waals surface area contributed by atoms with E-state index in [4.69, 9.17) is 10.2 Å². The molecule has 2 rings (SSSR count). The molecule has 0 aliphatic rings. The Morgan fingerprint density at radius 1 is 1.29 bits per heavy atom. The van der Waals surface area contributed by atoms with Gasteiger partial charge in [0.05, 0.1) is 5.69 Å². The lowest BCUT2D eigenvalue weighted by atomic mass is 10.1. The Morgan fingerprint density at radius 2 is 1.90 bits per heavy atom. The van der Waals surface area contributed by atoms with Crippen molar-refractivity contribution < 1.29 is 19.8 Å². The summed E-state index contributed by atoms with van der Waals surface area (Å²) < 4.78 is 1.58. The molecule has 0 amide bonds. The van der Waals surface area contributed by atoms with E-state index in [9.17, 15) is 9.59 Å². The third-order valence-electron chi connectivity index (χ3n) is 2.93. The molecule has 2 aromatic heterocycles. The summed E-state index contributed by atoms with van der Waals surface area (Å²) >= 11 is 0. The Morgan fingerprint density at radius 3 is 2.43 bits per heavy atom. The van der Waals surface area contributed by atoms with Gasteiger partial charge in [-0.05, 0) is 12.0 Å². The minimum atomic E-state index is -1.12. The molecule has 2 aromatic rings. The van der Waals surface area contributed by atoms with Crippen LogP contribution in [0, 0.1) is 0 Å². The van der Waals surface area contributed by atoms with Crippen LogP contribution < -0.4 is 4.90 Å². The van der Waals surface area contributed by atoms with E-state index in [-0.39, 0.29) is 5.92 Å². The molecule has 0 unspecified atom stereocenters. The maximum atomic E-state index is 10.9. The molecule has 112 valence electrons. The second-order valence-corrected chi connectivity index (χ2v) is 4.95. The molecule has 0 bridgehead atoms. The Kier molecular flexibility index (Phi) is 4.06. The predicted octanol–water partition coefficient (Wildman–Crippen LogP) is 0.828. The summed E-state index contributed by atoms with van der Waals surface area (Å²) in [6.45, 7) is 3.09. The van der Waals surface area contributed by atoms with Crippen molar-refractivity contribution in [3.8, 4) is 0 Å². The molecule has 21 heavy (non-hydrogen) atoms. The van der Waals surface area contributed by atoms with Gasteiger partial charge in [0.15, 0.2) is 5.82 Å². The summed E-state index contributed by atoms with van der Waals surface area (Å²) in [4.78, 5) is 27.2. The number of carboxylic acid groups (broad SMARTS) is 2. The smallest absolute Gasteiger partial charge is 0.323 e. The zero-order chi connectivity index (χ0) is 15.6. The van der Waals surface area contributed by atoms with Gasteiger partial charge in [-0.2, -0.15) is 5.10 Å². The van der Waals surface area contributed by atoms with Gasteiger partial charge in [0, 0.05) is 12.4 Å². The number of rotatable bonds is 6. The molecule has 0 aliphatic carbocycles. The second-order valence-electron chi connectivity index (χ2n) is 4.95. The second kappa shape index (κ2) is 5.78. The maximum absolute atomic E-state index is 10.9. The highest BCUT2D eigenvalue weighted by Gasteiger charge is 2.19. The van der Waals surface area contributed by atoms with Gasteiger partial charge in [-0.3, -0.25) is 9.59 Å². The van der Waals surface area contributed by atoms with Crippen LogP contribution in [0.15, 0.2) is 18.5 Å². The van der Waals surface area contributed by atoms with Gasteiger partial charge in [-0.25, -0.2) is 9.50 Å². The lowest BCUT2D eigenvalue weighted by Gasteiger charge is -2.19. The van der Waals surface area contributed by atoms with Crippen molar-refractivity contribution in [1.29, 1.82) is 0 Å². The van der Waals surface area contributed by atoms with E-state index < -0.39 is 25.0 Å². The van der Waals surface area contributed by atoms with Crippen molar-refractivity contribution in [3.05, 3.63) is 24.2 Å². The molecule has 0 saturated carbocycles. The average molecular weight is 292 g/mol. The summed E-state index contributed by atoms with van der Waals surface area (Å²) in [5.41, 5.74) is 1.42. The third-order valence-corrected chi connectivity index (χ3v) is 2.93. The quantitative estimate of drug-likeness (QED) is 0.811. The number of hydrogen-bond donors (Lipinski definition) is 2. The normalized spacial score (nSPS) is 11.0. The minimum absolute atomic E-state index is 0.199. The molecule has 0 saturated heterocycles. The van der Waals surface area contributed by atoms with Crippen molar-refractivity contribution in [2.75, 3.05) is 18.0 Å². The molecular formula is C13H16N4O4. The third kappa shape index (κ3) is 3.28. The Hall–Kier alpha value is -2.64. The lowest BCUT2D eigenvalue weighted by Crippen LogP contribution is -2.35. The van der Waals surface area contributed by atoms with Crippen molar-refractivity contribution in [1.82, 2.24) is 14.6 Å². The molecule has 2 heterocycles. The van der Waals surface area contributed by atoms with Gasteiger partial charge in [0.1, 0.15) is 18.6 Å². The fourth-order valence-corrected chi connectivity index (χ4v) is 1.99.